The van der Waals surface area contributed by atoms with Crippen LogP contribution in [0.2, 0.25) is 0 Å². The van der Waals surface area contributed by atoms with Gasteiger partial charge in [0.25, 0.3) is 5.91 Å². The standard InChI is InChI=1S/C22H23FN4O3.C2H2/c23-19-13-17(27-11-12-30-22(27)29)4-5-18(19)21(28)26-9-7-25(8-10-26)20-6-3-16(14-24-20)15-1-2-15;1-2/h3-6,13-15H,1-2,7-12H2;1-2H. The van der Waals surface area contributed by atoms with Crippen LogP contribution in [0.25, 0.3) is 0 Å². The summed E-state index contributed by atoms with van der Waals surface area (Å²) in [6.07, 6.45) is 12.0. The van der Waals surface area contributed by atoms with E-state index in [4.69, 9.17) is 4.74 Å². The second kappa shape index (κ2) is 9.27. The number of cyclic esters (lactones) is 1. The lowest BCUT2D eigenvalue weighted by Crippen LogP contribution is -2.49. The minimum atomic E-state index is -0.628. The molecule has 0 bridgehead atoms. The molecule has 0 atom stereocenters. The molecule has 0 N–H and O–H groups in total. The van der Waals surface area contributed by atoms with Gasteiger partial charge in [0, 0.05) is 32.4 Å². The molecule has 2 aromatic rings. The maximum atomic E-state index is 14.6. The molecule has 1 aliphatic carbocycles. The Morgan fingerprint density at radius 3 is 2.38 bits per heavy atom. The van der Waals surface area contributed by atoms with Crippen molar-refractivity contribution >= 4 is 23.5 Å². The molecular weight excluding hydrogens is 411 g/mol. The van der Waals surface area contributed by atoms with Crippen LogP contribution in [0.4, 0.5) is 20.7 Å². The minimum absolute atomic E-state index is 0.0201. The molecule has 1 aromatic heterocycles. The van der Waals surface area contributed by atoms with E-state index in [-0.39, 0.29) is 18.1 Å². The Morgan fingerprint density at radius 1 is 1.06 bits per heavy atom. The summed E-state index contributed by atoms with van der Waals surface area (Å²) in [5.41, 5.74) is 1.72. The van der Waals surface area contributed by atoms with Crippen molar-refractivity contribution in [3.05, 3.63) is 53.5 Å². The van der Waals surface area contributed by atoms with Crippen LogP contribution in [-0.2, 0) is 4.74 Å². The first-order valence-corrected chi connectivity index (χ1v) is 10.7. The van der Waals surface area contributed by atoms with Gasteiger partial charge in [-0.15, -0.1) is 12.8 Å². The largest absolute Gasteiger partial charge is 0.447 e. The number of carbonyl (C=O) groups is 2. The van der Waals surface area contributed by atoms with Gasteiger partial charge < -0.3 is 14.5 Å². The highest BCUT2D eigenvalue weighted by Crippen LogP contribution is 2.39. The van der Waals surface area contributed by atoms with E-state index < -0.39 is 11.9 Å². The van der Waals surface area contributed by atoms with Crippen LogP contribution in [0.1, 0.15) is 34.7 Å². The molecule has 3 heterocycles. The van der Waals surface area contributed by atoms with Crippen molar-refractivity contribution in [1.82, 2.24) is 9.88 Å². The molecule has 5 rings (SSSR count). The number of ether oxygens (including phenoxy) is 1. The molecule has 2 amide bonds. The summed E-state index contributed by atoms with van der Waals surface area (Å²) in [5.74, 6) is 0.634. The van der Waals surface area contributed by atoms with Crippen LogP contribution >= 0.6 is 0 Å². The number of terminal acetylenes is 1. The fourth-order valence-electron chi connectivity index (χ4n) is 4.03. The van der Waals surface area contributed by atoms with Crippen molar-refractivity contribution < 1.29 is 18.7 Å². The van der Waals surface area contributed by atoms with Gasteiger partial charge in [0.15, 0.2) is 0 Å². The summed E-state index contributed by atoms with van der Waals surface area (Å²) in [6.45, 7) is 2.98. The van der Waals surface area contributed by atoms with Gasteiger partial charge in [0.05, 0.1) is 17.8 Å². The number of benzene rings is 1. The third kappa shape index (κ3) is 4.37. The molecule has 32 heavy (non-hydrogen) atoms. The number of halogens is 1. The fourth-order valence-corrected chi connectivity index (χ4v) is 4.03. The van der Waals surface area contributed by atoms with E-state index in [0.717, 1.165) is 5.82 Å². The summed E-state index contributed by atoms with van der Waals surface area (Å²) >= 11 is 0. The molecule has 1 saturated carbocycles. The van der Waals surface area contributed by atoms with E-state index in [1.165, 1.54) is 35.4 Å². The Morgan fingerprint density at radius 2 is 1.81 bits per heavy atom. The van der Waals surface area contributed by atoms with Gasteiger partial charge in [-0.05, 0) is 48.6 Å². The molecule has 8 heteroatoms. The number of hydrogen-bond donors (Lipinski definition) is 0. The molecule has 7 nitrogen and oxygen atoms in total. The Hall–Kier alpha value is -3.60. The van der Waals surface area contributed by atoms with Gasteiger partial charge in [0.2, 0.25) is 0 Å². The van der Waals surface area contributed by atoms with Crippen LogP contribution in [0.3, 0.4) is 0 Å². The predicted octanol–water partition coefficient (Wildman–Crippen LogP) is 3.27. The molecule has 2 aliphatic heterocycles. The van der Waals surface area contributed by atoms with Crippen molar-refractivity contribution in [2.24, 2.45) is 0 Å². The van der Waals surface area contributed by atoms with E-state index >= 15 is 0 Å². The average Bonchev–Trinajstić information content (AvgIpc) is 3.60. The highest BCUT2D eigenvalue weighted by Gasteiger charge is 2.28. The van der Waals surface area contributed by atoms with Crippen LogP contribution in [-0.4, -0.2) is 61.2 Å². The van der Waals surface area contributed by atoms with Crippen molar-refractivity contribution in [2.75, 3.05) is 49.1 Å². The number of carbonyl (C=O) groups excluding carboxylic acids is 2. The predicted molar refractivity (Wildman–Crippen MR) is 119 cm³/mol. The average molecular weight is 436 g/mol. The SMILES string of the molecule is C#C.O=C(c1ccc(N2CCOC2=O)cc1F)N1CCN(c2ccc(C3CC3)cn2)CC1. The van der Waals surface area contributed by atoms with E-state index in [0.29, 0.717) is 44.3 Å². The van der Waals surface area contributed by atoms with Gasteiger partial charge in [-0.2, -0.15) is 0 Å². The van der Waals surface area contributed by atoms with Crippen LogP contribution < -0.4 is 9.80 Å². The Kier molecular flexibility index (Phi) is 6.26. The van der Waals surface area contributed by atoms with E-state index in [1.54, 1.807) is 11.0 Å². The van der Waals surface area contributed by atoms with Gasteiger partial charge >= 0.3 is 6.09 Å². The Labute approximate surface area is 186 Å². The topological polar surface area (TPSA) is 66.0 Å². The zero-order chi connectivity index (χ0) is 22.7. The lowest BCUT2D eigenvalue weighted by Gasteiger charge is -2.35. The lowest BCUT2D eigenvalue weighted by molar-refractivity contribution is 0.0742. The lowest BCUT2D eigenvalue weighted by atomic mass is 10.1. The second-order valence-electron chi connectivity index (χ2n) is 7.93. The molecular formula is C24H25FN4O3. The maximum absolute atomic E-state index is 14.6. The number of piperazine rings is 1. The Bertz CT molecular complexity index is 1010. The first-order chi connectivity index (χ1) is 15.6. The van der Waals surface area contributed by atoms with Crippen molar-refractivity contribution in [3.8, 4) is 12.8 Å². The van der Waals surface area contributed by atoms with Crippen molar-refractivity contribution in [1.29, 1.82) is 0 Å². The van der Waals surface area contributed by atoms with Crippen molar-refractivity contribution in [2.45, 2.75) is 18.8 Å². The third-order valence-corrected chi connectivity index (χ3v) is 5.97. The molecule has 0 radical (unpaired) electrons. The number of hydrogen-bond acceptors (Lipinski definition) is 5. The molecule has 1 aromatic carbocycles. The summed E-state index contributed by atoms with van der Waals surface area (Å²) in [5, 5.41) is 0. The van der Waals surface area contributed by atoms with Gasteiger partial charge in [-0.1, -0.05) is 6.07 Å². The number of nitrogens with zero attached hydrogens (tertiary/aromatic N) is 4. The minimum Gasteiger partial charge on any atom is -0.447 e. The number of anilines is 2. The van der Waals surface area contributed by atoms with Gasteiger partial charge in [-0.25, -0.2) is 14.2 Å². The zero-order valence-electron chi connectivity index (χ0n) is 17.7. The van der Waals surface area contributed by atoms with E-state index in [1.807, 2.05) is 12.3 Å². The third-order valence-electron chi connectivity index (χ3n) is 5.97. The van der Waals surface area contributed by atoms with E-state index in [9.17, 15) is 14.0 Å². The number of pyridine rings is 1. The smallest absolute Gasteiger partial charge is 0.414 e. The van der Waals surface area contributed by atoms with Gasteiger partial charge in [0.1, 0.15) is 18.2 Å². The quantitative estimate of drug-likeness (QED) is 0.689. The van der Waals surface area contributed by atoms with E-state index in [2.05, 4.69) is 28.8 Å². The molecule has 3 aliphatic rings. The first kappa shape index (κ1) is 21.6. The number of aromatic nitrogens is 1. The molecule has 0 spiro atoms. The number of amides is 2. The summed E-state index contributed by atoms with van der Waals surface area (Å²) in [6, 6.07) is 8.45. The molecule has 2 saturated heterocycles. The molecule has 166 valence electrons. The fraction of sp³-hybridized carbons (Fsp3) is 0.375. The highest BCUT2D eigenvalue weighted by atomic mass is 19.1. The van der Waals surface area contributed by atoms with Crippen LogP contribution in [0, 0.1) is 18.7 Å². The number of rotatable bonds is 4. The highest BCUT2D eigenvalue weighted by molar-refractivity contribution is 5.96. The molecule has 0 unspecified atom stereocenters. The summed E-state index contributed by atoms with van der Waals surface area (Å²) in [7, 11) is 0. The van der Waals surface area contributed by atoms with Gasteiger partial charge in [-0.3, -0.25) is 9.69 Å². The Balaban J connectivity index is 0.00000119. The normalized spacial score (nSPS) is 18.1. The van der Waals surface area contributed by atoms with Crippen LogP contribution in [0.5, 0.6) is 0 Å². The monoisotopic (exact) mass is 436 g/mol. The first-order valence-electron chi connectivity index (χ1n) is 10.7. The second-order valence-corrected chi connectivity index (χ2v) is 7.93. The maximum Gasteiger partial charge on any atom is 0.414 e. The van der Waals surface area contributed by atoms with Crippen molar-refractivity contribution in [3.63, 3.8) is 0 Å². The molecule has 3 fully saturated rings. The zero-order valence-corrected chi connectivity index (χ0v) is 17.7. The summed E-state index contributed by atoms with van der Waals surface area (Å²) in [4.78, 5) is 34.2. The summed E-state index contributed by atoms with van der Waals surface area (Å²) < 4.78 is 19.5. The van der Waals surface area contributed by atoms with Crippen LogP contribution in [0.15, 0.2) is 36.5 Å².